The molecule has 1 aromatic carbocycles. The van der Waals surface area contributed by atoms with E-state index in [9.17, 15) is 9.59 Å². The third kappa shape index (κ3) is 4.55. The summed E-state index contributed by atoms with van der Waals surface area (Å²) in [6.07, 6.45) is -1.75. The van der Waals surface area contributed by atoms with Crippen LogP contribution in [0.2, 0.25) is 0 Å². The van der Waals surface area contributed by atoms with Crippen molar-refractivity contribution >= 4 is 11.9 Å². The number of rotatable bonds is 7. The summed E-state index contributed by atoms with van der Waals surface area (Å²) in [4.78, 5) is 21.4. The van der Waals surface area contributed by atoms with Crippen LogP contribution in [0.15, 0.2) is 30.3 Å². The number of hydrogen-bond acceptors (Lipinski definition) is 3. The quantitative estimate of drug-likeness (QED) is 0.776. The molecule has 5 heteroatoms. The van der Waals surface area contributed by atoms with Crippen molar-refractivity contribution in [3.05, 3.63) is 35.9 Å². The lowest BCUT2D eigenvalue weighted by atomic mass is 10.1. The Morgan fingerprint density at radius 2 is 1.83 bits per heavy atom. The average Bonchev–Trinajstić information content (AvgIpc) is 2.34. The normalized spacial score (nSPS) is 13.8. The van der Waals surface area contributed by atoms with E-state index in [0.29, 0.717) is 0 Å². The largest absolute Gasteiger partial charge is 0.481 e. The van der Waals surface area contributed by atoms with Gasteiger partial charge >= 0.3 is 11.9 Å². The maximum absolute atomic E-state index is 11.0. The second-order valence-electron chi connectivity index (χ2n) is 3.95. The van der Waals surface area contributed by atoms with Crippen LogP contribution in [0.1, 0.15) is 31.4 Å². The van der Waals surface area contributed by atoms with Gasteiger partial charge in [0.2, 0.25) is 0 Å². The van der Waals surface area contributed by atoms with Crippen molar-refractivity contribution in [3.8, 4) is 0 Å². The molecule has 0 aromatic heterocycles. The van der Waals surface area contributed by atoms with Gasteiger partial charge in [-0.05, 0) is 18.9 Å². The van der Waals surface area contributed by atoms with Gasteiger partial charge in [-0.15, -0.1) is 0 Å². The van der Waals surface area contributed by atoms with Crippen LogP contribution in [0.3, 0.4) is 0 Å². The van der Waals surface area contributed by atoms with Gasteiger partial charge in [-0.25, -0.2) is 4.79 Å². The number of ether oxygens (including phenoxy) is 1. The van der Waals surface area contributed by atoms with Crippen molar-refractivity contribution < 1.29 is 24.5 Å². The predicted octanol–water partition coefficient (Wildman–Crippen LogP) is 2.08. The third-order valence-electron chi connectivity index (χ3n) is 2.53. The highest BCUT2D eigenvalue weighted by Gasteiger charge is 2.22. The van der Waals surface area contributed by atoms with E-state index in [2.05, 4.69) is 0 Å². The summed E-state index contributed by atoms with van der Waals surface area (Å²) in [6, 6.07) is 9.20. The lowest BCUT2D eigenvalue weighted by Crippen LogP contribution is -2.26. The van der Waals surface area contributed by atoms with Gasteiger partial charge in [-0.2, -0.15) is 0 Å². The number of benzene rings is 1. The van der Waals surface area contributed by atoms with Crippen LogP contribution in [-0.4, -0.2) is 28.3 Å². The standard InChI is InChI=1S/C13H16O5/c1-9(10-5-3-2-4-6-10)18-11(13(16)17)7-8-12(14)15/h2-6,9,11H,7-8H2,1H3,(H,14,15)(H,16,17). The Morgan fingerprint density at radius 1 is 1.22 bits per heavy atom. The van der Waals surface area contributed by atoms with Crippen molar-refractivity contribution in [1.29, 1.82) is 0 Å². The van der Waals surface area contributed by atoms with Crippen molar-refractivity contribution in [2.24, 2.45) is 0 Å². The Labute approximate surface area is 105 Å². The van der Waals surface area contributed by atoms with Crippen LogP contribution in [0, 0.1) is 0 Å². The lowest BCUT2D eigenvalue weighted by molar-refractivity contribution is -0.155. The van der Waals surface area contributed by atoms with Gasteiger partial charge in [-0.3, -0.25) is 4.79 Å². The smallest absolute Gasteiger partial charge is 0.332 e. The van der Waals surface area contributed by atoms with Crippen molar-refractivity contribution in [1.82, 2.24) is 0 Å². The fourth-order valence-electron chi connectivity index (χ4n) is 1.55. The molecule has 0 fully saturated rings. The first kappa shape index (κ1) is 14.2. The third-order valence-corrected chi connectivity index (χ3v) is 2.53. The maximum atomic E-state index is 11.0. The predicted molar refractivity (Wildman–Crippen MR) is 64.2 cm³/mol. The molecule has 0 bridgehead atoms. The zero-order valence-corrected chi connectivity index (χ0v) is 10.1. The topological polar surface area (TPSA) is 83.8 Å². The van der Waals surface area contributed by atoms with E-state index in [1.54, 1.807) is 6.92 Å². The van der Waals surface area contributed by atoms with E-state index in [-0.39, 0.29) is 18.9 Å². The zero-order valence-electron chi connectivity index (χ0n) is 10.1. The van der Waals surface area contributed by atoms with Gasteiger partial charge in [0, 0.05) is 6.42 Å². The molecule has 1 aromatic rings. The first-order valence-electron chi connectivity index (χ1n) is 5.65. The highest BCUT2D eigenvalue weighted by Crippen LogP contribution is 2.20. The molecule has 0 spiro atoms. The number of carbonyl (C=O) groups is 2. The minimum Gasteiger partial charge on any atom is -0.481 e. The van der Waals surface area contributed by atoms with Crippen LogP contribution < -0.4 is 0 Å². The minimum absolute atomic E-state index is 0.0398. The molecular weight excluding hydrogens is 236 g/mol. The molecule has 0 aliphatic rings. The summed E-state index contributed by atoms with van der Waals surface area (Å²) in [6.45, 7) is 1.74. The van der Waals surface area contributed by atoms with Crippen molar-refractivity contribution in [2.75, 3.05) is 0 Å². The molecule has 2 atom stereocenters. The van der Waals surface area contributed by atoms with E-state index < -0.39 is 18.0 Å². The monoisotopic (exact) mass is 252 g/mol. The van der Waals surface area contributed by atoms with Gasteiger partial charge < -0.3 is 14.9 Å². The Hall–Kier alpha value is -1.88. The molecule has 0 aliphatic heterocycles. The molecule has 2 N–H and O–H groups in total. The fourth-order valence-corrected chi connectivity index (χ4v) is 1.55. The maximum Gasteiger partial charge on any atom is 0.332 e. The molecule has 0 aliphatic carbocycles. The molecule has 0 radical (unpaired) electrons. The van der Waals surface area contributed by atoms with Gasteiger partial charge in [0.05, 0.1) is 6.10 Å². The summed E-state index contributed by atoms with van der Waals surface area (Å²) < 4.78 is 5.39. The second kappa shape index (κ2) is 6.76. The number of carboxylic acids is 2. The molecule has 1 rings (SSSR count). The zero-order chi connectivity index (χ0) is 13.5. The lowest BCUT2D eigenvalue weighted by Gasteiger charge is -2.19. The summed E-state index contributed by atoms with van der Waals surface area (Å²) in [5.74, 6) is -2.17. The first-order valence-corrected chi connectivity index (χ1v) is 5.65. The van der Waals surface area contributed by atoms with E-state index >= 15 is 0 Å². The van der Waals surface area contributed by atoms with Crippen LogP contribution in [-0.2, 0) is 14.3 Å². The molecule has 0 saturated heterocycles. The SMILES string of the molecule is CC(OC(CCC(=O)O)C(=O)O)c1ccccc1. The van der Waals surface area contributed by atoms with Crippen LogP contribution in [0.25, 0.3) is 0 Å². The summed E-state index contributed by atoms with van der Waals surface area (Å²) in [7, 11) is 0. The Morgan fingerprint density at radius 3 is 2.33 bits per heavy atom. The second-order valence-corrected chi connectivity index (χ2v) is 3.95. The van der Waals surface area contributed by atoms with Gasteiger partial charge in [0.25, 0.3) is 0 Å². The fraction of sp³-hybridized carbons (Fsp3) is 0.385. The summed E-state index contributed by atoms with van der Waals surface area (Å²) in [5, 5.41) is 17.5. The molecule has 98 valence electrons. The molecule has 0 heterocycles. The van der Waals surface area contributed by atoms with Crippen LogP contribution in [0.5, 0.6) is 0 Å². The molecule has 5 nitrogen and oxygen atoms in total. The van der Waals surface area contributed by atoms with E-state index in [1.165, 1.54) is 0 Å². The summed E-state index contributed by atoms with van der Waals surface area (Å²) >= 11 is 0. The van der Waals surface area contributed by atoms with E-state index in [0.717, 1.165) is 5.56 Å². The number of hydrogen-bond donors (Lipinski definition) is 2. The van der Waals surface area contributed by atoms with E-state index in [1.807, 2.05) is 30.3 Å². The first-order chi connectivity index (χ1) is 8.50. The van der Waals surface area contributed by atoms with Gasteiger partial charge in [0.15, 0.2) is 6.10 Å². The van der Waals surface area contributed by atoms with Crippen molar-refractivity contribution in [3.63, 3.8) is 0 Å². The van der Waals surface area contributed by atoms with Crippen molar-refractivity contribution in [2.45, 2.75) is 32.0 Å². The molecule has 0 amide bonds. The molecular formula is C13H16O5. The molecule has 0 saturated carbocycles. The van der Waals surface area contributed by atoms with Gasteiger partial charge in [-0.1, -0.05) is 30.3 Å². The minimum atomic E-state index is -1.14. The van der Waals surface area contributed by atoms with Crippen LogP contribution in [0.4, 0.5) is 0 Å². The Balaban J connectivity index is 2.60. The number of aliphatic carboxylic acids is 2. The highest BCUT2D eigenvalue weighted by atomic mass is 16.5. The molecule has 2 unspecified atom stereocenters. The average molecular weight is 252 g/mol. The highest BCUT2D eigenvalue weighted by molar-refractivity contribution is 5.74. The van der Waals surface area contributed by atoms with E-state index in [4.69, 9.17) is 14.9 Å². The summed E-state index contributed by atoms with van der Waals surface area (Å²) in [5.41, 5.74) is 0.860. The van der Waals surface area contributed by atoms with Crippen LogP contribution >= 0.6 is 0 Å². The Kier molecular flexibility index (Phi) is 5.32. The van der Waals surface area contributed by atoms with Gasteiger partial charge in [0.1, 0.15) is 0 Å². The number of carboxylic acid groups (broad SMARTS) is 2. The molecule has 18 heavy (non-hydrogen) atoms. The Bertz CT molecular complexity index is 401.